The van der Waals surface area contributed by atoms with Crippen molar-refractivity contribution in [1.29, 1.82) is 0 Å². The topological polar surface area (TPSA) is 111 Å². The van der Waals surface area contributed by atoms with Crippen LogP contribution in [-0.4, -0.2) is 30.3 Å². The van der Waals surface area contributed by atoms with Gasteiger partial charge in [-0.05, 0) is 54.3 Å². The number of carbonyl (C=O) groups is 2. The number of nitrogen functional groups attached to an aromatic ring is 1. The Kier molecular flexibility index (Phi) is 8.76. The Morgan fingerprint density at radius 1 is 1.06 bits per heavy atom. The molecule has 3 aromatic carbocycles. The quantitative estimate of drug-likeness (QED) is 0.146. The monoisotopic (exact) mass is 482 g/mol. The van der Waals surface area contributed by atoms with Gasteiger partial charge in [0.2, 0.25) is 0 Å². The minimum atomic E-state index is -1.39. The third-order valence-corrected chi connectivity index (χ3v) is 5.37. The average Bonchev–Trinajstić information content (AvgIpc) is 2.80. The highest BCUT2D eigenvalue weighted by molar-refractivity contribution is 6.31. The van der Waals surface area contributed by atoms with Gasteiger partial charge in [0.05, 0.1) is 12.2 Å². The Labute approximate surface area is 203 Å². The number of rotatable bonds is 10. The molecule has 0 spiro atoms. The van der Waals surface area contributed by atoms with Gasteiger partial charge in [-0.3, -0.25) is 4.79 Å². The van der Waals surface area contributed by atoms with Crippen LogP contribution in [0, 0.1) is 0 Å². The van der Waals surface area contributed by atoms with E-state index in [1.807, 2.05) is 24.3 Å². The molecule has 0 aromatic heterocycles. The van der Waals surface area contributed by atoms with E-state index in [2.05, 4.69) is 17.0 Å². The van der Waals surface area contributed by atoms with Crippen molar-refractivity contribution in [2.45, 2.75) is 26.2 Å². The molecule has 8 heteroatoms. The molecule has 3 rings (SSSR count). The first-order valence-electron chi connectivity index (χ1n) is 11.0. The Morgan fingerprint density at radius 2 is 1.82 bits per heavy atom. The van der Waals surface area contributed by atoms with E-state index in [9.17, 15) is 9.59 Å². The number of halogens is 1. The van der Waals surface area contributed by atoms with Crippen LogP contribution in [0.25, 0.3) is 11.1 Å². The van der Waals surface area contributed by atoms with Gasteiger partial charge >= 0.3 is 6.16 Å². The lowest BCUT2D eigenvalue weighted by Crippen LogP contribution is -2.26. The van der Waals surface area contributed by atoms with Gasteiger partial charge in [0, 0.05) is 28.9 Å². The highest BCUT2D eigenvalue weighted by Gasteiger charge is 2.13. The second kappa shape index (κ2) is 12.0. The molecule has 0 aliphatic heterocycles. The van der Waals surface area contributed by atoms with Crippen LogP contribution >= 0.6 is 11.6 Å². The van der Waals surface area contributed by atoms with E-state index in [1.165, 1.54) is 6.07 Å². The third kappa shape index (κ3) is 6.89. The molecule has 7 nitrogen and oxygen atoms in total. The van der Waals surface area contributed by atoms with E-state index in [1.54, 1.807) is 30.3 Å². The molecular weight excluding hydrogens is 456 g/mol. The molecule has 0 atom stereocenters. The van der Waals surface area contributed by atoms with E-state index in [0.29, 0.717) is 41.6 Å². The minimum Gasteiger partial charge on any atom is -0.493 e. The fourth-order valence-electron chi connectivity index (χ4n) is 3.37. The van der Waals surface area contributed by atoms with Crippen LogP contribution in [0.1, 0.15) is 35.7 Å². The predicted molar refractivity (Wildman–Crippen MR) is 133 cm³/mol. The zero-order valence-corrected chi connectivity index (χ0v) is 19.6. The summed E-state index contributed by atoms with van der Waals surface area (Å²) in [5.41, 5.74) is 9.59. The van der Waals surface area contributed by atoms with Crippen LogP contribution in [0.4, 0.5) is 10.5 Å². The molecule has 0 heterocycles. The molecule has 0 aliphatic carbocycles. The van der Waals surface area contributed by atoms with Crippen LogP contribution in [0.5, 0.6) is 11.5 Å². The highest BCUT2D eigenvalue weighted by Crippen LogP contribution is 2.30. The average molecular weight is 483 g/mol. The normalized spacial score (nSPS) is 10.5. The fourth-order valence-corrected chi connectivity index (χ4v) is 3.54. The Hall–Kier alpha value is -3.71. The molecule has 0 fully saturated rings. The summed E-state index contributed by atoms with van der Waals surface area (Å²) in [6.45, 7) is 3.07. The van der Waals surface area contributed by atoms with Crippen molar-refractivity contribution in [3.8, 4) is 22.6 Å². The molecule has 34 heavy (non-hydrogen) atoms. The lowest BCUT2D eigenvalue weighted by atomic mass is 10.0. The lowest BCUT2D eigenvalue weighted by Gasteiger charge is -2.12. The zero-order chi connectivity index (χ0) is 24.5. The first-order chi connectivity index (χ1) is 16.4. The fraction of sp³-hybridized carbons (Fsp3) is 0.231. The Balaban J connectivity index is 1.59. The summed E-state index contributed by atoms with van der Waals surface area (Å²) in [5.74, 6) is 0.457. The smallest absolute Gasteiger partial charge is 0.493 e. The number of ether oxygens (including phenoxy) is 2. The maximum absolute atomic E-state index is 12.7. The molecule has 3 aromatic rings. The summed E-state index contributed by atoms with van der Waals surface area (Å²) >= 11 is 6.08. The molecule has 0 saturated carbocycles. The van der Waals surface area contributed by atoms with Crippen molar-refractivity contribution < 1.29 is 24.2 Å². The van der Waals surface area contributed by atoms with E-state index in [0.717, 1.165) is 29.5 Å². The summed E-state index contributed by atoms with van der Waals surface area (Å²) < 4.78 is 10.4. The molecule has 1 amide bonds. The Bertz CT molecular complexity index is 1150. The van der Waals surface area contributed by atoms with Crippen molar-refractivity contribution in [3.05, 3.63) is 76.8 Å². The van der Waals surface area contributed by atoms with Gasteiger partial charge in [0.25, 0.3) is 5.91 Å². The first kappa shape index (κ1) is 24.9. The SMILES string of the molecule is CCCCOc1ccc(Cl)cc1C(=O)NCCc1ccc(-c2ccc(OC(=O)O)cc2N)cc1. The van der Waals surface area contributed by atoms with Gasteiger partial charge in [-0.25, -0.2) is 4.79 Å². The van der Waals surface area contributed by atoms with Crippen LogP contribution in [-0.2, 0) is 6.42 Å². The van der Waals surface area contributed by atoms with Gasteiger partial charge in [0.1, 0.15) is 11.5 Å². The van der Waals surface area contributed by atoms with Crippen LogP contribution < -0.4 is 20.5 Å². The molecule has 0 aliphatic rings. The number of hydrogen-bond donors (Lipinski definition) is 3. The lowest BCUT2D eigenvalue weighted by molar-refractivity contribution is 0.0949. The number of anilines is 1. The van der Waals surface area contributed by atoms with Gasteiger partial charge < -0.3 is 25.6 Å². The third-order valence-electron chi connectivity index (χ3n) is 5.13. The number of benzene rings is 3. The Morgan fingerprint density at radius 3 is 2.50 bits per heavy atom. The first-order valence-corrected chi connectivity index (χ1v) is 11.4. The number of nitrogens with one attached hydrogen (secondary N) is 1. The second-order valence-electron chi connectivity index (χ2n) is 7.66. The van der Waals surface area contributed by atoms with Crippen LogP contribution in [0.15, 0.2) is 60.7 Å². The number of carbonyl (C=O) groups excluding carboxylic acids is 1. The van der Waals surface area contributed by atoms with Crippen molar-refractivity contribution in [2.24, 2.45) is 0 Å². The van der Waals surface area contributed by atoms with Crippen LogP contribution in [0.3, 0.4) is 0 Å². The van der Waals surface area contributed by atoms with Crippen molar-refractivity contribution in [3.63, 3.8) is 0 Å². The molecule has 4 N–H and O–H groups in total. The van der Waals surface area contributed by atoms with Gasteiger partial charge in [-0.2, -0.15) is 0 Å². The minimum absolute atomic E-state index is 0.166. The summed E-state index contributed by atoms with van der Waals surface area (Å²) in [6, 6.07) is 17.6. The van der Waals surface area contributed by atoms with Crippen molar-refractivity contribution >= 4 is 29.4 Å². The molecule has 0 bridgehead atoms. The number of amides is 1. The predicted octanol–water partition coefficient (Wildman–Crippen LogP) is 5.80. The van der Waals surface area contributed by atoms with Gasteiger partial charge in [-0.1, -0.05) is 49.2 Å². The number of unbranched alkanes of at least 4 members (excludes halogenated alkanes) is 1. The van der Waals surface area contributed by atoms with Gasteiger partial charge in [0.15, 0.2) is 0 Å². The van der Waals surface area contributed by atoms with Crippen LogP contribution in [0.2, 0.25) is 5.02 Å². The van der Waals surface area contributed by atoms with Crippen molar-refractivity contribution in [2.75, 3.05) is 18.9 Å². The molecule has 0 unspecified atom stereocenters. The summed E-state index contributed by atoms with van der Waals surface area (Å²) in [4.78, 5) is 23.4. The summed E-state index contributed by atoms with van der Waals surface area (Å²) in [6.07, 6.45) is 1.16. The summed E-state index contributed by atoms with van der Waals surface area (Å²) in [7, 11) is 0. The van der Waals surface area contributed by atoms with E-state index in [4.69, 9.17) is 27.2 Å². The molecule has 0 saturated heterocycles. The van der Waals surface area contributed by atoms with Gasteiger partial charge in [-0.15, -0.1) is 0 Å². The highest BCUT2D eigenvalue weighted by atomic mass is 35.5. The molecular formula is C26H27ClN2O5. The molecule has 178 valence electrons. The summed E-state index contributed by atoms with van der Waals surface area (Å²) in [5, 5.41) is 12.1. The maximum Gasteiger partial charge on any atom is 0.511 e. The van der Waals surface area contributed by atoms with E-state index >= 15 is 0 Å². The number of hydrogen-bond acceptors (Lipinski definition) is 5. The largest absolute Gasteiger partial charge is 0.511 e. The number of carboxylic acid groups (broad SMARTS) is 1. The molecule has 0 radical (unpaired) electrons. The maximum atomic E-state index is 12.7. The zero-order valence-electron chi connectivity index (χ0n) is 18.8. The second-order valence-corrected chi connectivity index (χ2v) is 8.10. The van der Waals surface area contributed by atoms with Crippen molar-refractivity contribution in [1.82, 2.24) is 5.32 Å². The number of nitrogens with two attached hydrogens (primary N) is 1. The van der Waals surface area contributed by atoms with E-state index in [-0.39, 0.29) is 11.7 Å². The van der Waals surface area contributed by atoms with E-state index < -0.39 is 6.16 Å². The standard InChI is InChI=1S/C26H27ClN2O5/c1-2-3-14-33-24-11-8-19(27)15-22(24)25(30)29-13-12-17-4-6-18(7-5-17)21-10-9-20(16-23(21)28)34-26(31)32/h4-11,15-16H,2-3,12-14,28H2,1H3,(H,29,30)(H,31,32).